The van der Waals surface area contributed by atoms with E-state index in [0.717, 1.165) is 13.0 Å². The minimum absolute atomic E-state index is 0.0835. The Morgan fingerprint density at radius 2 is 2.31 bits per heavy atom. The zero-order valence-corrected chi connectivity index (χ0v) is 11.1. The Morgan fingerprint density at radius 1 is 1.69 bits per heavy atom. The topological polar surface area (TPSA) is 58.4 Å². The van der Waals surface area contributed by atoms with Gasteiger partial charge in [0.25, 0.3) is 0 Å². The van der Waals surface area contributed by atoms with Crippen LogP contribution in [0.1, 0.15) is 33.6 Å². The monoisotopic (exact) mass is 243 g/mol. The third kappa shape index (κ3) is 2.71. The molecule has 1 aliphatic heterocycles. The quantitative estimate of drug-likeness (QED) is 0.712. The lowest BCUT2D eigenvalue weighted by atomic mass is 9.94. The van der Waals surface area contributed by atoms with Crippen LogP contribution >= 0.6 is 12.2 Å². The van der Waals surface area contributed by atoms with Crippen molar-refractivity contribution in [3.63, 3.8) is 0 Å². The van der Waals surface area contributed by atoms with Gasteiger partial charge in [-0.3, -0.25) is 9.69 Å². The number of hydrogen-bond donors (Lipinski definition) is 2. The SMILES string of the molecule is CCC(CC(N)=S)N1CCNC(=O)C1(C)C. The van der Waals surface area contributed by atoms with Gasteiger partial charge < -0.3 is 11.1 Å². The lowest BCUT2D eigenvalue weighted by Crippen LogP contribution is -2.64. The third-order valence-corrected chi connectivity index (χ3v) is 3.43. The summed E-state index contributed by atoms with van der Waals surface area (Å²) in [5.41, 5.74) is 5.13. The first kappa shape index (κ1) is 13.4. The number of carbonyl (C=O) groups is 1. The van der Waals surface area contributed by atoms with Crippen LogP contribution in [0.3, 0.4) is 0 Å². The average molecular weight is 243 g/mol. The number of piperazine rings is 1. The van der Waals surface area contributed by atoms with Crippen molar-refractivity contribution >= 4 is 23.1 Å². The summed E-state index contributed by atoms with van der Waals surface area (Å²) in [6.07, 6.45) is 1.64. The molecule has 1 atom stereocenters. The van der Waals surface area contributed by atoms with E-state index in [1.165, 1.54) is 0 Å². The summed E-state index contributed by atoms with van der Waals surface area (Å²) < 4.78 is 0. The van der Waals surface area contributed by atoms with Gasteiger partial charge in [0.2, 0.25) is 5.91 Å². The van der Waals surface area contributed by atoms with Crippen LogP contribution in [-0.2, 0) is 4.79 Å². The van der Waals surface area contributed by atoms with E-state index < -0.39 is 5.54 Å². The van der Waals surface area contributed by atoms with Gasteiger partial charge in [-0.05, 0) is 20.3 Å². The highest BCUT2D eigenvalue weighted by molar-refractivity contribution is 7.80. The summed E-state index contributed by atoms with van der Waals surface area (Å²) in [6.45, 7) is 7.56. The van der Waals surface area contributed by atoms with Gasteiger partial charge in [0.15, 0.2) is 0 Å². The number of rotatable bonds is 4. The highest BCUT2D eigenvalue weighted by Gasteiger charge is 2.40. The zero-order valence-electron chi connectivity index (χ0n) is 10.2. The molecule has 0 aromatic carbocycles. The lowest BCUT2D eigenvalue weighted by Gasteiger charge is -2.45. The molecule has 1 heterocycles. The van der Waals surface area contributed by atoms with Gasteiger partial charge in [0.05, 0.1) is 10.5 Å². The van der Waals surface area contributed by atoms with E-state index in [2.05, 4.69) is 17.1 Å². The highest BCUT2D eigenvalue weighted by Crippen LogP contribution is 2.23. The molecular formula is C11H21N3OS. The fourth-order valence-corrected chi connectivity index (χ4v) is 2.45. The molecule has 3 N–H and O–H groups in total. The van der Waals surface area contributed by atoms with Crippen molar-refractivity contribution in [1.82, 2.24) is 10.2 Å². The molecule has 5 heteroatoms. The van der Waals surface area contributed by atoms with Crippen molar-refractivity contribution in [2.75, 3.05) is 13.1 Å². The van der Waals surface area contributed by atoms with Gasteiger partial charge in [-0.2, -0.15) is 0 Å². The van der Waals surface area contributed by atoms with Crippen molar-refractivity contribution in [2.24, 2.45) is 5.73 Å². The second kappa shape index (κ2) is 5.10. The number of hydrogen-bond acceptors (Lipinski definition) is 3. The van der Waals surface area contributed by atoms with Crippen LogP contribution < -0.4 is 11.1 Å². The Kier molecular flexibility index (Phi) is 4.27. The molecule has 92 valence electrons. The minimum Gasteiger partial charge on any atom is -0.393 e. The second-order valence-electron chi connectivity index (χ2n) is 4.74. The summed E-state index contributed by atoms with van der Waals surface area (Å²) >= 11 is 4.96. The molecule has 1 saturated heterocycles. The summed E-state index contributed by atoms with van der Waals surface area (Å²) in [4.78, 5) is 14.6. The van der Waals surface area contributed by atoms with Crippen LogP contribution in [0.25, 0.3) is 0 Å². The summed E-state index contributed by atoms with van der Waals surface area (Å²) in [7, 11) is 0. The number of thiocarbonyl (C=S) groups is 1. The fraction of sp³-hybridized carbons (Fsp3) is 0.818. The number of nitrogens with zero attached hydrogens (tertiary/aromatic N) is 1. The standard InChI is InChI=1S/C11H21N3OS/c1-4-8(7-9(12)16)14-6-5-13-10(15)11(14,2)3/h8H,4-7H2,1-3H3,(H2,12,16)(H,13,15). The number of carbonyl (C=O) groups excluding carboxylic acids is 1. The van der Waals surface area contributed by atoms with Gasteiger partial charge >= 0.3 is 0 Å². The van der Waals surface area contributed by atoms with Gasteiger partial charge in [-0.15, -0.1) is 0 Å². The van der Waals surface area contributed by atoms with Crippen LogP contribution in [-0.4, -0.2) is 40.5 Å². The van der Waals surface area contributed by atoms with Crippen molar-refractivity contribution in [1.29, 1.82) is 0 Å². The van der Waals surface area contributed by atoms with Gasteiger partial charge in [0.1, 0.15) is 0 Å². The van der Waals surface area contributed by atoms with E-state index in [1.807, 2.05) is 13.8 Å². The molecule has 0 saturated carbocycles. The lowest BCUT2D eigenvalue weighted by molar-refractivity contribution is -0.137. The molecule has 0 radical (unpaired) electrons. The minimum atomic E-state index is -0.469. The first-order valence-corrected chi connectivity index (χ1v) is 6.13. The van der Waals surface area contributed by atoms with Crippen LogP contribution in [0.5, 0.6) is 0 Å². The number of amides is 1. The largest absolute Gasteiger partial charge is 0.393 e. The molecule has 0 aromatic heterocycles. The Labute approximate surface area is 103 Å². The highest BCUT2D eigenvalue weighted by atomic mass is 32.1. The Bertz CT molecular complexity index is 291. The second-order valence-corrected chi connectivity index (χ2v) is 5.27. The van der Waals surface area contributed by atoms with E-state index in [4.69, 9.17) is 18.0 Å². The Balaban J connectivity index is 2.82. The molecule has 1 fully saturated rings. The summed E-state index contributed by atoms with van der Waals surface area (Å²) in [5, 5.41) is 2.89. The van der Waals surface area contributed by atoms with Crippen molar-refractivity contribution in [3.05, 3.63) is 0 Å². The van der Waals surface area contributed by atoms with Gasteiger partial charge in [-0.1, -0.05) is 19.1 Å². The third-order valence-electron chi connectivity index (χ3n) is 3.26. The van der Waals surface area contributed by atoms with E-state index in [9.17, 15) is 4.79 Å². The van der Waals surface area contributed by atoms with Gasteiger partial charge in [0, 0.05) is 25.6 Å². The maximum atomic E-state index is 11.8. The Morgan fingerprint density at radius 3 is 2.81 bits per heavy atom. The van der Waals surface area contributed by atoms with E-state index >= 15 is 0 Å². The van der Waals surface area contributed by atoms with Crippen LogP contribution in [0.4, 0.5) is 0 Å². The zero-order chi connectivity index (χ0) is 12.3. The predicted molar refractivity (Wildman–Crippen MR) is 69.3 cm³/mol. The van der Waals surface area contributed by atoms with Crippen molar-refractivity contribution in [3.8, 4) is 0 Å². The van der Waals surface area contributed by atoms with E-state index in [0.29, 0.717) is 18.0 Å². The molecule has 0 bridgehead atoms. The molecular weight excluding hydrogens is 222 g/mol. The molecule has 1 aliphatic rings. The van der Waals surface area contributed by atoms with Crippen LogP contribution in [0, 0.1) is 0 Å². The van der Waals surface area contributed by atoms with E-state index in [1.54, 1.807) is 0 Å². The normalized spacial score (nSPS) is 22.6. The average Bonchev–Trinajstić information content (AvgIpc) is 2.19. The molecule has 0 aromatic rings. The van der Waals surface area contributed by atoms with Crippen molar-refractivity contribution < 1.29 is 4.79 Å². The fourth-order valence-electron chi connectivity index (χ4n) is 2.26. The first-order chi connectivity index (χ1) is 7.39. The molecule has 4 nitrogen and oxygen atoms in total. The predicted octanol–water partition coefficient (Wildman–Crippen LogP) is 0.652. The van der Waals surface area contributed by atoms with Crippen LogP contribution in [0.2, 0.25) is 0 Å². The maximum absolute atomic E-state index is 11.8. The Hall–Kier alpha value is -0.680. The molecule has 1 unspecified atom stereocenters. The first-order valence-electron chi connectivity index (χ1n) is 5.73. The maximum Gasteiger partial charge on any atom is 0.240 e. The van der Waals surface area contributed by atoms with Crippen molar-refractivity contribution in [2.45, 2.75) is 45.2 Å². The molecule has 0 aliphatic carbocycles. The molecule has 0 spiro atoms. The summed E-state index contributed by atoms with van der Waals surface area (Å²) in [6, 6.07) is 0.263. The molecule has 1 rings (SSSR count). The number of nitrogens with two attached hydrogens (primary N) is 1. The van der Waals surface area contributed by atoms with Crippen LogP contribution in [0.15, 0.2) is 0 Å². The molecule has 1 amide bonds. The number of nitrogens with one attached hydrogen (secondary N) is 1. The smallest absolute Gasteiger partial charge is 0.240 e. The van der Waals surface area contributed by atoms with E-state index in [-0.39, 0.29) is 11.9 Å². The molecule has 16 heavy (non-hydrogen) atoms. The van der Waals surface area contributed by atoms with Gasteiger partial charge in [-0.25, -0.2) is 0 Å². The summed E-state index contributed by atoms with van der Waals surface area (Å²) in [5.74, 6) is 0.0835.